The highest BCUT2D eigenvalue weighted by Crippen LogP contribution is 2.46. The number of rotatable bonds is 5. The predicted octanol–water partition coefficient (Wildman–Crippen LogP) is 1.90. The molecule has 0 bridgehead atoms. The number of carbonyl (C=O) groups excluding carboxylic acids is 1. The van der Waals surface area contributed by atoms with Gasteiger partial charge in [0.15, 0.2) is 5.82 Å². The molecule has 4 heterocycles. The summed E-state index contributed by atoms with van der Waals surface area (Å²) in [5.41, 5.74) is 0.181. The van der Waals surface area contributed by atoms with Crippen molar-refractivity contribution in [3.63, 3.8) is 0 Å². The zero-order chi connectivity index (χ0) is 22.3. The molecule has 0 radical (unpaired) electrons. The van der Waals surface area contributed by atoms with Crippen LogP contribution in [0.2, 0.25) is 0 Å². The zero-order valence-electron chi connectivity index (χ0n) is 18.9. The highest BCUT2D eigenvalue weighted by Gasteiger charge is 2.58. The molecular formula is C23H30N4O5. The van der Waals surface area contributed by atoms with Crippen LogP contribution < -0.4 is 9.47 Å². The third-order valence-electron chi connectivity index (χ3n) is 7.22. The molecule has 32 heavy (non-hydrogen) atoms. The molecule has 172 valence electrons. The fourth-order valence-electron chi connectivity index (χ4n) is 5.53. The monoisotopic (exact) mass is 442 g/mol. The summed E-state index contributed by atoms with van der Waals surface area (Å²) in [6.45, 7) is 6.37. The van der Waals surface area contributed by atoms with Crippen molar-refractivity contribution in [2.24, 2.45) is 5.92 Å². The summed E-state index contributed by atoms with van der Waals surface area (Å²) >= 11 is 0. The second-order valence-corrected chi connectivity index (χ2v) is 9.02. The lowest BCUT2D eigenvalue weighted by Gasteiger charge is -2.33. The molecule has 0 aliphatic carbocycles. The molecule has 0 N–H and O–H groups in total. The first-order chi connectivity index (χ1) is 15.5. The van der Waals surface area contributed by atoms with Crippen molar-refractivity contribution in [2.45, 2.75) is 31.2 Å². The largest absolute Gasteiger partial charge is 0.497 e. The molecule has 0 spiro atoms. The number of likely N-dealkylation sites (tertiary alicyclic amines) is 2. The van der Waals surface area contributed by atoms with E-state index in [1.54, 1.807) is 32.4 Å². The first-order valence-electron chi connectivity index (χ1n) is 11.2. The fourth-order valence-corrected chi connectivity index (χ4v) is 5.53. The lowest BCUT2D eigenvalue weighted by Crippen LogP contribution is -2.44. The van der Waals surface area contributed by atoms with Gasteiger partial charge in [-0.2, -0.15) is 4.98 Å². The summed E-state index contributed by atoms with van der Waals surface area (Å²) in [7, 11) is 3.16. The van der Waals surface area contributed by atoms with Crippen LogP contribution in [0.1, 0.15) is 34.9 Å². The highest BCUT2D eigenvalue weighted by molar-refractivity contribution is 5.97. The zero-order valence-corrected chi connectivity index (χ0v) is 18.9. The van der Waals surface area contributed by atoms with Crippen LogP contribution in [0.5, 0.6) is 11.5 Å². The topological polar surface area (TPSA) is 90.2 Å². The first-order valence-corrected chi connectivity index (χ1v) is 11.2. The van der Waals surface area contributed by atoms with Crippen LogP contribution in [-0.2, 0) is 10.2 Å². The van der Waals surface area contributed by atoms with Crippen molar-refractivity contribution in [1.82, 2.24) is 19.9 Å². The van der Waals surface area contributed by atoms with E-state index in [4.69, 9.17) is 18.7 Å². The first kappa shape index (κ1) is 21.2. The normalized spacial score (nSPS) is 26.3. The Bertz CT molecular complexity index is 989. The van der Waals surface area contributed by atoms with Gasteiger partial charge in [0.05, 0.1) is 25.2 Å². The van der Waals surface area contributed by atoms with Crippen molar-refractivity contribution in [1.29, 1.82) is 0 Å². The summed E-state index contributed by atoms with van der Waals surface area (Å²) in [6, 6.07) is 5.80. The quantitative estimate of drug-likeness (QED) is 0.694. The van der Waals surface area contributed by atoms with E-state index < -0.39 is 0 Å². The Hall–Kier alpha value is -2.65. The van der Waals surface area contributed by atoms with E-state index in [-0.39, 0.29) is 17.2 Å². The molecule has 2 aromatic rings. The molecule has 1 amide bonds. The van der Waals surface area contributed by atoms with Crippen LogP contribution in [-0.4, -0.2) is 85.5 Å². The van der Waals surface area contributed by atoms with E-state index in [2.05, 4.69) is 15.0 Å². The van der Waals surface area contributed by atoms with Gasteiger partial charge < -0.3 is 23.6 Å². The number of aryl methyl sites for hydroxylation is 1. The van der Waals surface area contributed by atoms with Crippen LogP contribution in [0.25, 0.3) is 0 Å². The Kier molecular flexibility index (Phi) is 5.54. The molecule has 1 aromatic carbocycles. The van der Waals surface area contributed by atoms with E-state index in [1.807, 2.05) is 11.8 Å². The smallest absolute Gasteiger partial charge is 0.257 e. The van der Waals surface area contributed by atoms with Gasteiger partial charge >= 0.3 is 0 Å². The predicted molar refractivity (Wildman–Crippen MR) is 115 cm³/mol. The van der Waals surface area contributed by atoms with Crippen molar-refractivity contribution >= 4 is 5.91 Å². The van der Waals surface area contributed by atoms with E-state index in [1.165, 1.54) is 0 Å². The second kappa shape index (κ2) is 8.37. The summed E-state index contributed by atoms with van der Waals surface area (Å²) in [5.74, 6) is 2.62. The number of fused-ring (bicyclic) bond motifs is 1. The number of benzene rings is 1. The standard InChI is InChI=1S/C23H30N4O5/c1-15-24-22(32-25-15)23-13-26(17-6-8-31-9-7-17)11-16(23)12-27(14-23)21(28)19-5-4-18(29-2)10-20(19)30-3/h4-5,10,16-17H,6-9,11-14H2,1-3H3/t16-,23-/m1/s1. The van der Waals surface area contributed by atoms with Gasteiger partial charge in [-0.1, -0.05) is 5.16 Å². The van der Waals surface area contributed by atoms with Gasteiger partial charge in [0, 0.05) is 57.4 Å². The van der Waals surface area contributed by atoms with Gasteiger partial charge in [0.2, 0.25) is 5.89 Å². The summed E-state index contributed by atoms with van der Waals surface area (Å²) in [6.07, 6.45) is 2.08. The molecule has 0 saturated carbocycles. The van der Waals surface area contributed by atoms with E-state index in [9.17, 15) is 4.79 Å². The van der Waals surface area contributed by atoms with Gasteiger partial charge in [-0.15, -0.1) is 0 Å². The van der Waals surface area contributed by atoms with E-state index >= 15 is 0 Å². The molecule has 3 saturated heterocycles. The minimum Gasteiger partial charge on any atom is -0.497 e. The second-order valence-electron chi connectivity index (χ2n) is 9.02. The molecule has 3 aliphatic rings. The maximum absolute atomic E-state index is 13.5. The van der Waals surface area contributed by atoms with E-state index in [0.29, 0.717) is 47.9 Å². The third kappa shape index (κ3) is 3.53. The van der Waals surface area contributed by atoms with Crippen molar-refractivity contribution in [3.8, 4) is 11.5 Å². The lowest BCUT2D eigenvalue weighted by molar-refractivity contribution is 0.0369. The van der Waals surface area contributed by atoms with Crippen LogP contribution in [0, 0.1) is 12.8 Å². The molecule has 0 unspecified atom stereocenters. The number of hydrogen-bond donors (Lipinski definition) is 0. The van der Waals surface area contributed by atoms with Gasteiger partial charge in [-0.05, 0) is 31.9 Å². The summed E-state index contributed by atoms with van der Waals surface area (Å²) in [5, 5.41) is 4.07. The summed E-state index contributed by atoms with van der Waals surface area (Å²) < 4.78 is 22.0. The molecular weight excluding hydrogens is 412 g/mol. The number of methoxy groups -OCH3 is 2. The molecule has 3 aliphatic heterocycles. The minimum absolute atomic E-state index is 0.0490. The Morgan fingerprint density at radius 2 is 1.97 bits per heavy atom. The molecule has 9 nitrogen and oxygen atoms in total. The van der Waals surface area contributed by atoms with Gasteiger partial charge in [0.1, 0.15) is 11.5 Å². The van der Waals surface area contributed by atoms with Crippen LogP contribution in [0.15, 0.2) is 22.7 Å². The van der Waals surface area contributed by atoms with Crippen molar-refractivity contribution < 1.29 is 23.5 Å². The Balaban J connectivity index is 1.42. The van der Waals surface area contributed by atoms with Gasteiger partial charge in [-0.25, -0.2) is 0 Å². The van der Waals surface area contributed by atoms with Crippen LogP contribution in [0.3, 0.4) is 0 Å². The van der Waals surface area contributed by atoms with Crippen LogP contribution in [0.4, 0.5) is 0 Å². The van der Waals surface area contributed by atoms with Gasteiger partial charge in [-0.3, -0.25) is 9.69 Å². The average Bonchev–Trinajstić information content (AvgIpc) is 3.51. The van der Waals surface area contributed by atoms with E-state index in [0.717, 1.165) is 39.1 Å². The third-order valence-corrected chi connectivity index (χ3v) is 7.22. The maximum atomic E-state index is 13.5. The Morgan fingerprint density at radius 1 is 1.16 bits per heavy atom. The Morgan fingerprint density at radius 3 is 2.66 bits per heavy atom. The fraction of sp³-hybridized carbons (Fsp3) is 0.609. The molecule has 1 aromatic heterocycles. The molecule has 3 fully saturated rings. The number of carbonyl (C=O) groups is 1. The lowest BCUT2D eigenvalue weighted by atomic mass is 9.81. The SMILES string of the molecule is COc1ccc(C(=O)N2C[C@H]3CN(C4CCOCC4)C[C@@]3(c3nc(C)no3)C2)c(OC)c1. The molecule has 5 rings (SSSR count). The van der Waals surface area contributed by atoms with Crippen molar-refractivity contribution in [2.75, 3.05) is 53.6 Å². The minimum atomic E-state index is -0.352. The Labute approximate surface area is 187 Å². The number of ether oxygens (including phenoxy) is 3. The maximum Gasteiger partial charge on any atom is 0.257 e. The van der Waals surface area contributed by atoms with Crippen molar-refractivity contribution in [3.05, 3.63) is 35.5 Å². The number of amides is 1. The number of hydrogen-bond acceptors (Lipinski definition) is 8. The molecule has 9 heteroatoms. The number of nitrogens with zero attached hydrogens (tertiary/aromatic N) is 4. The highest BCUT2D eigenvalue weighted by atomic mass is 16.5. The van der Waals surface area contributed by atoms with Gasteiger partial charge in [0.25, 0.3) is 5.91 Å². The average molecular weight is 443 g/mol. The number of aromatic nitrogens is 2. The van der Waals surface area contributed by atoms with Crippen LogP contribution >= 0.6 is 0 Å². The summed E-state index contributed by atoms with van der Waals surface area (Å²) in [4.78, 5) is 22.6. The molecule has 2 atom stereocenters.